The minimum absolute atomic E-state index is 0.223. The molecule has 3 heteroatoms. The van der Waals surface area contributed by atoms with Gasteiger partial charge in [-0.05, 0) is 17.4 Å². The highest BCUT2D eigenvalue weighted by Crippen LogP contribution is 2.46. The predicted octanol–water partition coefficient (Wildman–Crippen LogP) is 2.52. The maximum absolute atomic E-state index is 4.37. The Balaban J connectivity index is 2.42. The molecular weight excluding hydrogens is 168 g/mol. The van der Waals surface area contributed by atoms with Crippen LogP contribution in [0.2, 0.25) is 0 Å². The van der Waals surface area contributed by atoms with Gasteiger partial charge in [0.1, 0.15) is 5.03 Å². The van der Waals surface area contributed by atoms with Crippen molar-refractivity contribution in [1.29, 1.82) is 0 Å². The third kappa shape index (κ3) is 1.14. The Kier molecular flexibility index (Phi) is 1.89. The smallest absolute Gasteiger partial charge is 0.107 e. The van der Waals surface area contributed by atoms with Crippen molar-refractivity contribution in [3.8, 4) is 0 Å². The zero-order valence-corrected chi connectivity index (χ0v) is 8.12. The van der Waals surface area contributed by atoms with E-state index < -0.39 is 0 Å². The lowest BCUT2D eigenvalue weighted by atomic mass is 10.4. The molecule has 2 nitrogen and oxygen atoms in total. The van der Waals surface area contributed by atoms with Gasteiger partial charge in [-0.15, -0.1) is 0 Å². The largest absolute Gasteiger partial charge is 0.249 e. The van der Waals surface area contributed by atoms with Crippen LogP contribution in [0.4, 0.5) is 5.69 Å². The second kappa shape index (κ2) is 2.90. The van der Waals surface area contributed by atoms with Gasteiger partial charge in [0.15, 0.2) is 0 Å². The van der Waals surface area contributed by atoms with Crippen LogP contribution in [0.3, 0.4) is 0 Å². The summed E-state index contributed by atoms with van der Waals surface area (Å²) in [5, 5.41) is 1.85. The van der Waals surface area contributed by atoms with Crippen LogP contribution in [0.5, 0.6) is 0 Å². The van der Waals surface area contributed by atoms with Crippen LogP contribution in [-0.4, -0.2) is 15.8 Å². The monoisotopic (exact) mass is 180 g/mol. The third-order valence-corrected chi connectivity index (χ3v) is 4.20. The van der Waals surface area contributed by atoms with E-state index in [0.717, 1.165) is 5.69 Å². The van der Waals surface area contributed by atoms with Crippen molar-refractivity contribution in [3.63, 3.8) is 0 Å². The fourth-order valence-corrected chi connectivity index (χ4v) is 2.96. The number of aliphatic imine (C=N–C) groups is 1. The summed E-state index contributed by atoms with van der Waals surface area (Å²) < 4.78 is 0. The van der Waals surface area contributed by atoms with Crippen molar-refractivity contribution in [2.75, 3.05) is 0 Å². The fraction of sp³-hybridized carbons (Fsp3) is 0.333. The number of nitrogens with zero attached hydrogens (tertiary/aromatic N) is 2. The molecule has 1 aromatic rings. The van der Waals surface area contributed by atoms with Gasteiger partial charge in [0.2, 0.25) is 0 Å². The van der Waals surface area contributed by atoms with Crippen LogP contribution >= 0.6 is 10.9 Å². The summed E-state index contributed by atoms with van der Waals surface area (Å²) in [5.74, 6) is 0. The minimum Gasteiger partial charge on any atom is -0.249 e. The summed E-state index contributed by atoms with van der Waals surface area (Å²) in [6.45, 7) is 4.45. The first kappa shape index (κ1) is 7.80. The molecule has 2 rings (SSSR count). The van der Waals surface area contributed by atoms with Crippen molar-refractivity contribution in [1.82, 2.24) is 4.98 Å². The second-order valence-electron chi connectivity index (χ2n) is 3.09. The quantitative estimate of drug-likeness (QED) is 0.660. The van der Waals surface area contributed by atoms with Gasteiger partial charge in [-0.1, -0.05) is 13.8 Å². The summed E-state index contributed by atoms with van der Waals surface area (Å²) in [5.41, 5.74) is 3.13. The van der Waals surface area contributed by atoms with Crippen molar-refractivity contribution >= 4 is 22.1 Å². The molecule has 1 aliphatic heterocycles. The summed E-state index contributed by atoms with van der Waals surface area (Å²) in [7, 11) is -0.223. The van der Waals surface area contributed by atoms with Crippen molar-refractivity contribution in [2.24, 2.45) is 4.99 Å². The first-order valence-electron chi connectivity index (χ1n) is 4.06. The molecule has 1 atom stereocenters. The Morgan fingerprint density at radius 2 is 2.25 bits per heavy atom. The van der Waals surface area contributed by atoms with Gasteiger partial charge in [-0.2, -0.15) is 10.9 Å². The zero-order valence-electron chi connectivity index (χ0n) is 7.23. The van der Waals surface area contributed by atoms with Crippen molar-refractivity contribution < 1.29 is 0 Å². The average Bonchev–Trinajstić information content (AvgIpc) is 2.47. The molecule has 0 bridgehead atoms. The summed E-state index contributed by atoms with van der Waals surface area (Å²) in [6.07, 6.45) is 1.85. The summed E-state index contributed by atoms with van der Waals surface area (Å²) in [4.78, 5) is 8.71. The van der Waals surface area contributed by atoms with Gasteiger partial charge in [0.25, 0.3) is 0 Å². The number of hydrogen-bond donors (Lipinski definition) is 1. The molecule has 2 heterocycles. The van der Waals surface area contributed by atoms with Gasteiger partial charge in [-0.25, -0.2) is 9.98 Å². The molecule has 64 valence electrons. The number of thiol groups is 1. The van der Waals surface area contributed by atoms with Gasteiger partial charge < -0.3 is 0 Å². The highest BCUT2D eigenvalue weighted by molar-refractivity contribution is 8.29. The lowest BCUT2D eigenvalue weighted by molar-refractivity contribution is 1.07. The Morgan fingerprint density at radius 1 is 1.42 bits per heavy atom. The third-order valence-electron chi connectivity index (χ3n) is 1.89. The first-order valence-corrected chi connectivity index (χ1v) is 5.54. The van der Waals surface area contributed by atoms with Crippen LogP contribution in [0.15, 0.2) is 28.3 Å². The van der Waals surface area contributed by atoms with E-state index >= 15 is 0 Å². The maximum atomic E-state index is 4.37. The van der Waals surface area contributed by atoms with Gasteiger partial charge >= 0.3 is 0 Å². The first-order chi connectivity index (χ1) is 5.79. The second-order valence-corrected chi connectivity index (χ2v) is 5.59. The Hall–Kier alpha value is -0.830. The molecule has 0 N–H and O–H groups in total. The van der Waals surface area contributed by atoms with Crippen LogP contribution in [0, 0.1) is 0 Å². The fourth-order valence-electron chi connectivity index (χ4n) is 1.25. The van der Waals surface area contributed by atoms with Crippen LogP contribution in [0.1, 0.15) is 13.8 Å². The van der Waals surface area contributed by atoms with Crippen LogP contribution in [-0.2, 0) is 0 Å². The van der Waals surface area contributed by atoms with Gasteiger partial charge in [0.05, 0.1) is 5.69 Å². The zero-order chi connectivity index (χ0) is 8.55. The lowest BCUT2D eigenvalue weighted by Crippen LogP contribution is -1.97. The Morgan fingerprint density at radius 3 is 3.00 bits per heavy atom. The molecule has 0 saturated heterocycles. The molecule has 0 aliphatic carbocycles. The van der Waals surface area contributed by atoms with Crippen molar-refractivity contribution in [2.45, 2.75) is 24.1 Å². The molecule has 0 radical (unpaired) electrons. The molecule has 0 amide bonds. The highest BCUT2D eigenvalue weighted by atomic mass is 32.2. The van der Waals surface area contributed by atoms with E-state index in [-0.39, 0.29) is 10.9 Å². The van der Waals surface area contributed by atoms with E-state index in [4.69, 9.17) is 0 Å². The molecular formula is C9H12N2S. The Labute approximate surface area is 75.1 Å². The van der Waals surface area contributed by atoms with E-state index in [1.54, 1.807) is 0 Å². The number of pyridine rings is 1. The predicted molar refractivity (Wildman–Crippen MR) is 54.8 cm³/mol. The molecule has 0 aromatic carbocycles. The number of aromatic nitrogens is 1. The molecule has 0 fully saturated rings. The molecule has 0 spiro atoms. The topological polar surface area (TPSA) is 25.2 Å². The van der Waals surface area contributed by atoms with E-state index in [9.17, 15) is 0 Å². The van der Waals surface area contributed by atoms with Gasteiger partial charge in [0, 0.05) is 11.7 Å². The van der Waals surface area contributed by atoms with E-state index in [1.165, 1.54) is 5.03 Å². The minimum atomic E-state index is -0.223. The van der Waals surface area contributed by atoms with Crippen molar-refractivity contribution in [3.05, 3.63) is 18.3 Å². The van der Waals surface area contributed by atoms with E-state index in [2.05, 4.69) is 29.4 Å². The van der Waals surface area contributed by atoms with E-state index in [0.29, 0.717) is 5.25 Å². The summed E-state index contributed by atoms with van der Waals surface area (Å²) >= 11 is 0. The summed E-state index contributed by atoms with van der Waals surface area (Å²) in [6, 6.07) is 3.97. The standard InChI is InChI=1S/C9H12N2S/c1-7(2)12-6-11-8-4-3-5-10-9(8)12/h3-7,12H,1-2H3. The van der Waals surface area contributed by atoms with E-state index in [1.807, 2.05) is 18.3 Å². The highest BCUT2D eigenvalue weighted by Gasteiger charge is 2.18. The number of fused-ring (bicyclic) bond motifs is 1. The lowest BCUT2D eigenvalue weighted by Gasteiger charge is -2.15. The molecule has 0 saturated carbocycles. The van der Waals surface area contributed by atoms with Gasteiger partial charge in [-0.3, -0.25) is 0 Å². The molecule has 12 heavy (non-hydrogen) atoms. The number of rotatable bonds is 1. The number of hydrogen-bond acceptors (Lipinski definition) is 2. The molecule has 1 unspecified atom stereocenters. The maximum Gasteiger partial charge on any atom is 0.107 e. The molecule has 1 aromatic heterocycles. The average molecular weight is 180 g/mol. The van der Waals surface area contributed by atoms with Crippen LogP contribution in [0.25, 0.3) is 0 Å². The normalized spacial score (nSPS) is 23.1. The SMILES string of the molecule is CC(C)[SH]1C=Nc2cccnc21. The molecule has 1 aliphatic rings. The Bertz CT molecular complexity index is 320. The van der Waals surface area contributed by atoms with Crippen LogP contribution < -0.4 is 0 Å².